The first-order valence-electron chi connectivity index (χ1n) is 8.12. The van der Waals surface area contributed by atoms with Crippen LogP contribution in [0, 0.1) is 0 Å². The standard InChI is InChI=1S/C15H25N5O/c1-10(2)20(9-12-5-3-4-8-16-12)15(21)14-17-13(18-19-14)11-6-7-11/h10-12,16H,3-9H2,1-2H3,(H,17,18,19). The molecule has 2 fully saturated rings. The predicted molar refractivity (Wildman–Crippen MR) is 80.2 cm³/mol. The third kappa shape index (κ3) is 3.43. The van der Waals surface area contributed by atoms with Crippen molar-refractivity contribution in [2.75, 3.05) is 13.1 Å². The van der Waals surface area contributed by atoms with E-state index in [0.717, 1.165) is 38.2 Å². The molecule has 1 saturated heterocycles. The lowest BCUT2D eigenvalue weighted by atomic mass is 10.0. The topological polar surface area (TPSA) is 73.9 Å². The van der Waals surface area contributed by atoms with Crippen molar-refractivity contribution in [3.05, 3.63) is 11.6 Å². The highest BCUT2D eigenvalue weighted by Crippen LogP contribution is 2.37. The van der Waals surface area contributed by atoms with Crippen molar-refractivity contribution < 1.29 is 4.79 Å². The van der Waals surface area contributed by atoms with E-state index < -0.39 is 0 Å². The van der Waals surface area contributed by atoms with Crippen LogP contribution in [0.4, 0.5) is 0 Å². The summed E-state index contributed by atoms with van der Waals surface area (Å²) in [6, 6.07) is 0.552. The third-order valence-electron chi connectivity index (χ3n) is 4.37. The number of aromatic nitrogens is 3. The highest BCUT2D eigenvalue weighted by Gasteiger charge is 2.30. The normalized spacial score (nSPS) is 22.5. The zero-order valence-electron chi connectivity index (χ0n) is 12.9. The summed E-state index contributed by atoms with van der Waals surface area (Å²) in [4.78, 5) is 19.0. The number of H-pyrrole nitrogens is 1. The van der Waals surface area contributed by atoms with Crippen molar-refractivity contribution in [1.29, 1.82) is 0 Å². The Kier molecular flexibility index (Phi) is 4.24. The Hall–Kier alpha value is -1.43. The predicted octanol–water partition coefficient (Wildman–Crippen LogP) is 1.67. The van der Waals surface area contributed by atoms with Crippen molar-refractivity contribution >= 4 is 5.91 Å². The molecule has 0 radical (unpaired) electrons. The van der Waals surface area contributed by atoms with Gasteiger partial charge in [-0.3, -0.25) is 9.89 Å². The summed E-state index contributed by atoms with van der Waals surface area (Å²) in [5, 5.41) is 10.5. The second-order valence-electron chi connectivity index (χ2n) is 6.52. The molecule has 1 amide bonds. The molecule has 2 aliphatic rings. The van der Waals surface area contributed by atoms with Gasteiger partial charge in [-0.2, -0.15) is 0 Å². The Morgan fingerprint density at radius 1 is 1.33 bits per heavy atom. The molecule has 1 unspecified atom stereocenters. The lowest BCUT2D eigenvalue weighted by molar-refractivity contribution is 0.0664. The van der Waals surface area contributed by atoms with Crippen LogP contribution in [0.15, 0.2) is 0 Å². The molecular weight excluding hydrogens is 266 g/mol. The van der Waals surface area contributed by atoms with Gasteiger partial charge in [0.1, 0.15) is 5.82 Å². The van der Waals surface area contributed by atoms with Gasteiger partial charge in [0.2, 0.25) is 5.82 Å². The first-order valence-corrected chi connectivity index (χ1v) is 8.12. The Bertz CT molecular complexity index is 488. The van der Waals surface area contributed by atoms with Crippen LogP contribution in [0.25, 0.3) is 0 Å². The number of amides is 1. The molecular formula is C15H25N5O. The van der Waals surface area contributed by atoms with E-state index in [1.165, 1.54) is 12.8 Å². The average Bonchev–Trinajstić information content (AvgIpc) is 3.22. The fourth-order valence-corrected chi connectivity index (χ4v) is 2.88. The minimum atomic E-state index is -0.0551. The molecule has 0 spiro atoms. The number of rotatable bonds is 5. The smallest absolute Gasteiger partial charge is 0.293 e. The molecule has 6 nitrogen and oxygen atoms in total. The molecule has 6 heteroatoms. The maximum absolute atomic E-state index is 12.7. The largest absolute Gasteiger partial charge is 0.332 e. The van der Waals surface area contributed by atoms with Gasteiger partial charge >= 0.3 is 0 Å². The number of aromatic amines is 1. The van der Waals surface area contributed by atoms with Crippen LogP contribution in [0.5, 0.6) is 0 Å². The molecule has 1 aliphatic heterocycles. The van der Waals surface area contributed by atoms with Crippen LogP contribution in [-0.2, 0) is 0 Å². The second-order valence-corrected chi connectivity index (χ2v) is 6.52. The summed E-state index contributed by atoms with van der Waals surface area (Å²) < 4.78 is 0. The molecule has 1 aromatic rings. The lowest BCUT2D eigenvalue weighted by Crippen LogP contribution is -2.48. The van der Waals surface area contributed by atoms with Crippen molar-refractivity contribution in [2.45, 2.75) is 64.0 Å². The lowest BCUT2D eigenvalue weighted by Gasteiger charge is -2.32. The van der Waals surface area contributed by atoms with E-state index in [-0.39, 0.29) is 11.9 Å². The quantitative estimate of drug-likeness (QED) is 0.865. The maximum Gasteiger partial charge on any atom is 0.293 e. The summed E-state index contributed by atoms with van der Waals surface area (Å²) in [6.07, 6.45) is 5.92. The third-order valence-corrected chi connectivity index (χ3v) is 4.37. The highest BCUT2D eigenvalue weighted by atomic mass is 16.2. The van der Waals surface area contributed by atoms with E-state index >= 15 is 0 Å². The van der Waals surface area contributed by atoms with E-state index in [1.807, 2.05) is 4.90 Å². The van der Waals surface area contributed by atoms with E-state index in [4.69, 9.17) is 0 Å². The monoisotopic (exact) mass is 291 g/mol. The summed E-state index contributed by atoms with van der Waals surface area (Å²) in [5.41, 5.74) is 0. The van der Waals surface area contributed by atoms with Crippen molar-refractivity contribution in [3.63, 3.8) is 0 Å². The van der Waals surface area contributed by atoms with Crippen LogP contribution in [-0.4, -0.2) is 51.2 Å². The van der Waals surface area contributed by atoms with Crippen molar-refractivity contribution in [2.24, 2.45) is 0 Å². The van der Waals surface area contributed by atoms with E-state index in [2.05, 4.69) is 34.3 Å². The zero-order valence-corrected chi connectivity index (χ0v) is 12.9. The number of nitrogens with zero attached hydrogens (tertiary/aromatic N) is 3. The fraction of sp³-hybridized carbons (Fsp3) is 0.800. The summed E-state index contributed by atoms with van der Waals surface area (Å²) >= 11 is 0. The molecule has 2 heterocycles. The van der Waals surface area contributed by atoms with Gasteiger partial charge < -0.3 is 10.2 Å². The molecule has 0 bridgehead atoms. The molecule has 2 N–H and O–H groups in total. The average molecular weight is 291 g/mol. The SMILES string of the molecule is CC(C)N(CC1CCCCN1)C(=O)c1n[nH]c(C2CC2)n1. The number of nitrogens with one attached hydrogen (secondary N) is 2. The number of carbonyl (C=O) groups is 1. The number of hydrogen-bond acceptors (Lipinski definition) is 4. The molecule has 1 saturated carbocycles. The summed E-state index contributed by atoms with van der Waals surface area (Å²) in [7, 11) is 0. The first kappa shape index (κ1) is 14.5. The molecule has 1 aliphatic carbocycles. The van der Waals surface area contributed by atoms with Gasteiger partial charge in [0.25, 0.3) is 5.91 Å². The minimum Gasteiger partial charge on any atom is -0.332 e. The minimum absolute atomic E-state index is 0.0551. The molecule has 116 valence electrons. The Morgan fingerprint density at radius 2 is 2.14 bits per heavy atom. The Labute approximate surface area is 125 Å². The van der Waals surface area contributed by atoms with Crippen LogP contribution in [0.3, 0.4) is 0 Å². The van der Waals surface area contributed by atoms with E-state index in [9.17, 15) is 4.79 Å². The molecule has 0 aromatic carbocycles. The van der Waals surface area contributed by atoms with E-state index in [0.29, 0.717) is 17.8 Å². The van der Waals surface area contributed by atoms with Gasteiger partial charge in [0.15, 0.2) is 0 Å². The molecule has 3 rings (SSSR count). The number of hydrogen-bond donors (Lipinski definition) is 2. The molecule has 21 heavy (non-hydrogen) atoms. The number of piperidine rings is 1. The van der Waals surface area contributed by atoms with Gasteiger partial charge in [-0.05, 0) is 46.1 Å². The molecule has 1 atom stereocenters. The van der Waals surface area contributed by atoms with Gasteiger partial charge in [0, 0.05) is 24.5 Å². The van der Waals surface area contributed by atoms with Crippen molar-refractivity contribution in [1.82, 2.24) is 25.4 Å². The van der Waals surface area contributed by atoms with E-state index in [1.54, 1.807) is 0 Å². The van der Waals surface area contributed by atoms with Crippen molar-refractivity contribution in [3.8, 4) is 0 Å². The summed E-state index contributed by atoms with van der Waals surface area (Å²) in [6.45, 7) is 5.89. The van der Waals surface area contributed by atoms with Crippen LogP contribution < -0.4 is 5.32 Å². The molecule has 1 aromatic heterocycles. The Morgan fingerprint density at radius 3 is 2.76 bits per heavy atom. The van der Waals surface area contributed by atoms with Gasteiger partial charge in [-0.1, -0.05) is 6.42 Å². The number of carbonyl (C=O) groups excluding carboxylic acids is 1. The highest BCUT2D eigenvalue weighted by molar-refractivity contribution is 5.90. The Balaban J connectivity index is 1.67. The van der Waals surface area contributed by atoms with Crippen LogP contribution in [0.2, 0.25) is 0 Å². The van der Waals surface area contributed by atoms with Gasteiger partial charge in [0.05, 0.1) is 0 Å². The summed E-state index contributed by atoms with van der Waals surface area (Å²) in [5.74, 6) is 1.63. The van der Waals surface area contributed by atoms with Crippen LogP contribution >= 0.6 is 0 Å². The van der Waals surface area contributed by atoms with Gasteiger partial charge in [-0.15, -0.1) is 5.10 Å². The second kappa shape index (κ2) is 6.13. The fourth-order valence-electron chi connectivity index (χ4n) is 2.88. The zero-order chi connectivity index (χ0) is 14.8. The van der Waals surface area contributed by atoms with Gasteiger partial charge in [-0.25, -0.2) is 4.98 Å². The first-order chi connectivity index (χ1) is 10.1. The maximum atomic E-state index is 12.7. The van der Waals surface area contributed by atoms with Crippen LogP contribution in [0.1, 0.15) is 68.3 Å².